The largest absolute Gasteiger partial charge is 0.467 e. The number of benzene rings is 1. The van der Waals surface area contributed by atoms with Crippen molar-refractivity contribution in [3.63, 3.8) is 0 Å². The fraction of sp³-hybridized carbons (Fsp3) is 0.364. The summed E-state index contributed by atoms with van der Waals surface area (Å²) < 4.78 is 11.6. The summed E-state index contributed by atoms with van der Waals surface area (Å²) in [6, 6.07) is 3.87. The molecule has 1 aromatic carbocycles. The van der Waals surface area contributed by atoms with E-state index in [1.807, 2.05) is 12.1 Å². The van der Waals surface area contributed by atoms with Crippen LogP contribution in [0.3, 0.4) is 0 Å². The van der Waals surface area contributed by atoms with Gasteiger partial charge in [0, 0.05) is 16.5 Å². The second-order valence-electron chi connectivity index (χ2n) is 3.32. The number of rotatable bonds is 3. The van der Waals surface area contributed by atoms with E-state index in [1.54, 1.807) is 0 Å². The summed E-state index contributed by atoms with van der Waals surface area (Å²) in [6.07, 6.45) is 2.17. The van der Waals surface area contributed by atoms with Gasteiger partial charge in [0.1, 0.15) is 12.0 Å². The van der Waals surface area contributed by atoms with Gasteiger partial charge in [0.05, 0.1) is 6.61 Å². The summed E-state index contributed by atoms with van der Waals surface area (Å²) >= 11 is 3.48. The Hall–Kier alpha value is -0.870. The molecular formula is C11H11BrO3. The van der Waals surface area contributed by atoms with E-state index in [9.17, 15) is 4.79 Å². The summed E-state index contributed by atoms with van der Waals surface area (Å²) in [6.45, 7) is 0.866. The molecule has 1 aliphatic heterocycles. The third-order valence-electron chi connectivity index (χ3n) is 2.39. The highest BCUT2D eigenvalue weighted by Gasteiger charge is 2.16. The first kappa shape index (κ1) is 10.6. The topological polar surface area (TPSA) is 35.5 Å². The molecule has 0 saturated heterocycles. The lowest BCUT2D eigenvalue weighted by atomic mass is 10.0. The third-order valence-corrected chi connectivity index (χ3v) is 3.13. The first-order chi connectivity index (χ1) is 7.33. The van der Waals surface area contributed by atoms with Gasteiger partial charge in [-0.1, -0.05) is 15.9 Å². The van der Waals surface area contributed by atoms with Crippen molar-refractivity contribution >= 4 is 22.2 Å². The zero-order valence-corrected chi connectivity index (χ0v) is 9.75. The Morgan fingerprint density at radius 3 is 3.13 bits per heavy atom. The average molecular weight is 271 g/mol. The maximum Gasteiger partial charge on any atom is 0.189 e. The molecule has 0 fully saturated rings. The van der Waals surface area contributed by atoms with Crippen LogP contribution in [-0.4, -0.2) is 13.1 Å². The fourth-order valence-electron chi connectivity index (χ4n) is 1.66. The molecule has 0 radical (unpaired) electrons. The standard InChI is InChI=1S/C11H11BrO3/c12-10-3-4-11-9(6-14-7-15-11)8(10)2-1-5-13/h3-5H,1-2,6-7H2. The molecule has 1 heterocycles. The molecule has 1 aromatic rings. The first-order valence-electron chi connectivity index (χ1n) is 4.77. The Labute approximate surface area is 96.5 Å². The van der Waals surface area contributed by atoms with Crippen LogP contribution >= 0.6 is 15.9 Å². The molecule has 0 bridgehead atoms. The van der Waals surface area contributed by atoms with Crippen LogP contribution < -0.4 is 4.74 Å². The Balaban J connectivity index is 2.36. The molecule has 0 spiro atoms. The van der Waals surface area contributed by atoms with E-state index in [0.717, 1.165) is 34.1 Å². The highest BCUT2D eigenvalue weighted by Crippen LogP contribution is 2.32. The molecule has 0 amide bonds. The minimum absolute atomic E-state index is 0.307. The lowest BCUT2D eigenvalue weighted by Crippen LogP contribution is -2.13. The van der Waals surface area contributed by atoms with Crippen LogP contribution in [0.4, 0.5) is 0 Å². The van der Waals surface area contributed by atoms with Crippen molar-refractivity contribution in [1.82, 2.24) is 0 Å². The number of hydrogen-bond acceptors (Lipinski definition) is 3. The minimum atomic E-state index is 0.307. The molecule has 2 rings (SSSR count). The van der Waals surface area contributed by atoms with E-state index in [1.165, 1.54) is 0 Å². The summed E-state index contributed by atoms with van der Waals surface area (Å²) in [5.74, 6) is 0.866. The zero-order chi connectivity index (χ0) is 10.7. The summed E-state index contributed by atoms with van der Waals surface area (Å²) in [7, 11) is 0. The van der Waals surface area contributed by atoms with Crippen molar-refractivity contribution in [2.45, 2.75) is 19.4 Å². The van der Waals surface area contributed by atoms with E-state index >= 15 is 0 Å². The van der Waals surface area contributed by atoms with Gasteiger partial charge in [-0.15, -0.1) is 0 Å². The van der Waals surface area contributed by atoms with E-state index in [4.69, 9.17) is 9.47 Å². The smallest absolute Gasteiger partial charge is 0.189 e. The molecule has 3 nitrogen and oxygen atoms in total. The van der Waals surface area contributed by atoms with Gasteiger partial charge < -0.3 is 14.3 Å². The molecule has 0 N–H and O–H groups in total. The van der Waals surface area contributed by atoms with Crippen molar-refractivity contribution in [1.29, 1.82) is 0 Å². The van der Waals surface area contributed by atoms with Crippen LogP contribution in [0.5, 0.6) is 5.75 Å². The molecular weight excluding hydrogens is 260 g/mol. The van der Waals surface area contributed by atoms with E-state index in [2.05, 4.69) is 15.9 Å². The normalized spacial score (nSPS) is 14.2. The van der Waals surface area contributed by atoms with Gasteiger partial charge in [-0.05, 0) is 24.1 Å². The Kier molecular flexibility index (Phi) is 3.38. The van der Waals surface area contributed by atoms with Gasteiger partial charge in [0.15, 0.2) is 6.79 Å². The lowest BCUT2D eigenvalue weighted by molar-refractivity contribution is -0.107. The van der Waals surface area contributed by atoms with Crippen molar-refractivity contribution in [3.8, 4) is 5.75 Å². The molecule has 15 heavy (non-hydrogen) atoms. The molecule has 0 atom stereocenters. The zero-order valence-electron chi connectivity index (χ0n) is 8.16. The Bertz CT molecular complexity index is 376. The number of carbonyl (C=O) groups excluding carboxylic acids is 1. The number of fused-ring (bicyclic) bond motifs is 1. The molecule has 0 unspecified atom stereocenters. The van der Waals surface area contributed by atoms with Crippen molar-refractivity contribution in [2.75, 3.05) is 6.79 Å². The molecule has 4 heteroatoms. The van der Waals surface area contributed by atoms with Gasteiger partial charge >= 0.3 is 0 Å². The number of aldehydes is 1. The van der Waals surface area contributed by atoms with Gasteiger partial charge in [0.2, 0.25) is 0 Å². The monoisotopic (exact) mass is 270 g/mol. The average Bonchev–Trinajstić information content (AvgIpc) is 2.28. The molecule has 0 aromatic heterocycles. The van der Waals surface area contributed by atoms with E-state index in [0.29, 0.717) is 19.8 Å². The first-order valence-corrected chi connectivity index (χ1v) is 5.56. The van der Waals surface area contributed by atoms with Crippen molar-refractivity contribution in [2.24, 2.45) is 0 Å². The maximum absolute atomic E-state index is 10.4. The second kappa shape index (κ2) is 4.77. The second-order valence-corrected chi connectivity index (χ2v) is 4.17. The van der Waals surface area contributed by atoms with Gasteiger partial charge in [0.25, 0.3) is 0 Å². The van der Waals surface area contributed by atoms with Crippen molar-refractivity contribution in [3.05, 3.63) is 27.7 Å². The maximum atomic E-state index is 10.4. The molecule has 1 aliphatic rings. The highest BCUT2D eigenvalue weighted by molar-refractivity contribution is 9.10. The highest BCUT2D eigenvalue weighted by atomic mass is 79.9. The van der Waals surface area contributed by atoms with Crippen LogP contribution in [0.2, 0.25) is 0 Å². The summed E-state index contributed by atoms with van der Waals surface area (Å²) in [5, 5.41) is 0. The summed E-state index contributed by atoms with van der Waals surface area (Å²) in [4.78, 5) is 10.4. The SMILES string of the molecule is O=CCCc1c(Br)ccc2c1COCO2. The lowest BCUT2D eigenvalue weighted by Gasteiger charge is -2.21. The van der Waals surface area contributed by atoms with Crippen LogP contribution in [-0.2, 0) is 22.6 Å². The Morgan fingerprint density at radius 1 is 1.47 bits per heavy atom. The van der Waals surface area contributed by atoms with Gasteiger partial charge in [-0.25, -0.2) is 0 Å². The molecule has 0 aliphatic carbocycles. The van der Waals surface area contributed by atoms with Crippen LogP contribution in [0, 0.1) is 0 Å². The van der Waals surface area contributed by atoms with Crippen LogP contribution in [0.1, 0.15) is 17.5 Å². The third kappa shape index (κ3) is 2.21. The molecule has 0 saturated carbocycles. The summed E-state index contributed by atoms with van der Waals surface area (Å²) in [5.41, 5.74) is 2.16. The number of halogens is 1. The predicted octanol–water partition coefficient (Wildman–Crippen LogP) is 2.45. The number of carbonyl (C=O) groups is 1. The number of hydrogen-bond donors (Lipinski definition) is 0. The van der Waals surface area contributed by atoms with Crippen LogP contribution in [0.25, 0.3) is 0 Å². The predicted molar refractivity (Wildman–Crippen MR) is 58.8 cm³/mol. The van der Waals surface area contributed by atoms with Crippen molar-refractivity contribution < 1.29 is 14.3 Å². The minimum Gasteiger partial charge on any atom is -0.467 e. The van der Waals surface area contributed by atoms with E-state index < -0.39 is 0 Å². The van der Waals surface area contributed by atoms with E-state index in [-0.39, 0.29) is 0 Å². The Morgan fingerprint density at radius 2 is 2.33 bits per heavy atom. The number of ether oxygens (including phenoxy) is 2. The quantitative estimate of drug-likeness (QED) is 0.792. The van der Waals surface area contributed by atoms with Gasteiger partial charge in [-0.3, -0.25) is 0 Å². The molecule has 80 valence electrons. The van der Waals surface area contributed by atoms with Gasteiger partial charge in [-0.2, -0.15) is 0 Å². The van der Waals surface area contributed by atoms with Crippen LogP contribution in [0.15, 0.2) is 16.6 Å². The fourth-order valence-corrected chi connectivity index (χ4v) is 2.23.